The third-order valence-electron chi connectivity index (χ3n) is 0.759. The quantitative estimate of drug-likeness (QED) is 0.541. The minimum absolute atomic E-state index is 0.0148. The van der Waals surface area contributed by atoms with Crippen LogP contribution in [0.4, 0.5) is 0 Å². The van der Waals surface area contributed by atoms with Crippen LogP contribution in [0.25, 0.3) is 0 Å². The Bertz CT molecular complexity index is 74.8. The van der Waals surface area contributed by atoms with Crippen LogP contribution in [0, 0.1) is 7.05 Å². The van der Waals surface area contributed by atoms with Crippen molar-refractivity contribution in [2.24, 2.45) is 0 Å². The van der Waals surface area contributed by atoms with E-state index in [0.29, 0.717) is 6.42 Å². The van der Waals surface area contributed by atoms with Gasteiger partial charge in [0.2, 0.25) is 5.91 Å². The fourth-order valence-electron chi connectivity index (χ4n) is 0.328. The molecular weight excluding hydrogens is 122 g/mol. The first-order valence-electron chi connectivity index (χ1n) is 2.48. The van der Waals surface area contributed by atoms with Gasteiger partial charge in [-0.25, -0.2) is 0 Å². The number of hydrogen-bond acceptors (Lipinski definition) is 2. The van der Waals surface area contributed by atoms with Gasteiger partial charge in [-0.3, -0.25) is 4.79 Å². The van der Waals surface area contributed by atoms with Gasteiger partial charge in [0.25, 0.3) is 0 Å². The number of carbonyl (C=O) groups is 1. The SMILES string of the molecule is [CH2]NC(=O)CCCS. The summed E-state index contributed by atoms with van der Waals surface area (Å²) in [5, 5.41) is 2.28. The van der Waals surface area contributed by atoms with E-state index >= 15 is 0 Å². The van der Waals surface area contributed by atoms with Gasteiger partial charge in [-0.1, -0.05) is 0 Å². The summed E-state index contributed by atoms with van der Waals surface area (Å²) < 4.78 is 0. The Labute approximate surface area is 55.1 Å². The van der Waals surface area contributed by atoms with Crippen LogP contribution in [-0.2, 0) is 4.79 Å². The van der Waals surface area contributed by atoms with Crippen molar-refractivity contribution in [1.82, 2.24) is 5.32 Å². The van der Waals surface area contributed by atoms with Gasteiger partial charge < -0.3 is 5.32 Å². The van der Waals surface area contributed by atoms with Gasteiger partial charge in [0.05, 0.1) is 0 Å². The molecule has 0 aromatic heterocycles. The van der Waals surface area contributed by atoms with Crippen molar-refractivity contribution in [2.75, 3.05) is 5.75 Å². The molecule has 0 atom stereocenters. The van der Waals surface area contributed by atoms with Gasteiger partial charge in [-0.15, -0.1) is 0 Å². The maximum absolute atomic E-state index is 10.4. The molecule has 1 radical (unpaired) electrons. The van der Waals surface area contributed by atoms with Gasteiger partial charge >= 0.3 is 0 Å². The fraction of sp³-hybridized carbons (Fsp3) is 0.600. The Morgan fingerprint density at radius 3 is 2.75 bits per heavy atom. The Hall–Kier alpha value is -0.180. The molecule has 0 aromatic rings. The Kier molecular flexibility index (Phi) is 4.85. The van der Waals surface area contributed by atoms with Crippen LogP contribution < -0.4 is 5.32 Å². The van der Waals surface area contributed by atoms with E-state index in [-0.39, 0.29) is 5.91 Å². The molecule has 8 heavy (non-hydrogen) atoms. The highest BCUT2D eigenvalue weighted by atomic mass is 32.1. The number of rotatable bonds is 3. The molecule has 0 saturated carbocycles. The zero-order chi connectivity index (χ0) is 6.41. The number of thiol groups is 1. The first-order chi connectivity index (χ1) is 3.81. The normalized spacial score (nSPS) is 8.75. The van der Waals surface area contributed by atoms with Crippen LogP contribution in [0.2, 0.25) is 0 Å². The van der Waals surface area contributed by atoms with E-state index in [1.54, 1.807) is 0 Å². The van der Waals surface area contributed by atoms with E-state index in [9.17, 15) is 4.79 Å². The minimum atomic E-state index is -0.0148. The standard InChI is InChI=1S/C5H10NOS/c1-6-5(7)3-2-4-8/h8H,1-4H2,(H,6,7). The summed E-state index contributed by atoms with van der Waals surface area (Å²) >= 11 is 3.93. The van der Waals surface area contributed by atoms with Crippen molar-refractivity contribution in [3.63, 3.8) is 0 Å². The fourth-order valence-corrected chi connectivity index (χ4v) is 0.486. The second-order valence-corrected chi connectivity index (χ2v) is 1.87. The Morgan fingerprint density at radius 2 is 2.38 bits per heavy atom. The van der Waals surface area contributed by atoms with Crippen LogP contribution in [0.3, 0.4) is 0 Å². The first kappa shape index (κ1) is 7.82. The maximum Gasteiger partial charge on any atom is 0.220 e. The largest absolute Gasteiger partial charge is 0.354 e. The molecule has 0 spiro atoms. The van der Waals surface area contributed by atoms with E-state index < -0.39 is 0 Å². The lowest BCUT2D eigenvalue weighted by atomic mass is 10.3. The average Bonchev–Trinajstić information content (AvgIpc) is 1.83. The molecule has 0 aromatic carbocycles. The predicted molar refractivity (Wildman–Crippen MR) is 36.6 cm³/mol. The van der Waals surface area contributed by atoms with E-state index in [1.807, 2.05) is 0 Å². The second kappa shape index (κ2) is 4.97. The van der Waals surface area contributed by atoms with Crippen molar-refractivity contribution in [1.29, 1.82) is 0 Å². The molecule has 1 N–H and O–H groups in total. The third kappa shape index (κ3) is 3.99. The number of hydrogen-bond donors (Lipinski definition) is 2. The molecule has 47 valence electrons. The molecule has 0 saturated heterocycles. The van der Waals surface area contributed by atoms with Crippen LogP contribution in [0.5, 0.6) is 0 Å². The smallest absolute Gasteiger partial charge is 0.220 e. The van der Waals surface area contributed by atoms with Crippen LogP contribution in [-0.4, -0.2) is 11.7 Å². The van der Waals surface area contributed by atoms with Gasteiger partial charge in [-0.05, 0) is 12.2 Å². The lowest BCUT2D eigenvalue weighted by Gasteiger charge is -1.93. The van der Waals surface area contributed by atoms with Crippen LogP contribution in [0.1, 0.15) is 12.8 Å². The van der Waals surface area contributed by atoms with Crippen LogP contribution >= 0.6 is 12.6 Å². The minimum Gasteiger partial charge on any atom is -0.354 e. The molecule has 0 bridgehead atoms. The molecule has 1 amide bonds. The Balaban J connectivity index is 2.99. The maximum atomic E-state index is 10.4. The van der Waals surface area contributed by atoms with Gasteiger partial charge in [-0.2, -0.15) is 12.6 Å². The molecule has 0 rings (SSSR count). The van der Waals surface area contributed by atoms with Gasteiger partial charge in [0.15, 0.2) is 0 Å². The lowest BCUT2D eigenvalue weighted by molar-refractivity contribution is -0.120. The van der Waals surface area contributed by atoms with E-state index in [4.69, 9.17) is 0 Å². The number of carbonyl (C=O) groups excluding carboxylic acids is 1. The van der Waals surface area contributed by atoms with Crippen LogP contribution in [0.15, 0.2) is 0 Å². The highest BCUT2D eigenvalue weighted by Gasteiger charge is 1.93. The summed E-state index contributed by atoms with van der Waals surface area (Å²) in [6.45, 7) is 0. The second-order valence-electron chi connectivity index (χ2n) is 1.43. The van der Waals surface area contributed by atoms with Crippen molar-refractivity contribution in [2.45, 2.75) is 12.8 Å². The molecular formula is C5H10NOS. The van der Waals surface area contributed by atoms with Crippen molar-refractivity contribution in [3.8, 4) is 0 Å². The molecule has 3 heteroatoms. The summed E-state index contributed by atoms with van der Waals surface area (Å²) in [4.78, 5) is 10.4. The van der Waals surface area contributed by atoms with E-state index in [2.05, 4.69) is 25.0 Å². The molecule has 0 aliphatic heterocycles. The Morgan fingerprint density at radius 1 is 1.75 bits per heavy atom. The average molecular weight is 132 g/mol. The zero-order valence-electron chi connectivity index (χ0n) is 4.68. The highest BCUT2D eigenvalue weighted by Crippen LogP contribution is 1.89. The first-order valence-corrected chi connectivity index (χ1v) is 3.11. The summed E-state index contributed by atoms with van der Waals surface area (Å²) in [6, 6.07) is 0. The molecule has 0 heterocycles. The van der Waals surface area contributed by atoms with E-state index in [1.165, 1.54) is 0 Å². The number of amides is 1. The summed E-state index contributed by atoms with van der Waals surface area (Å²) in [6.07, 6.45) is 1.36. The van der Waals surface area contributed by atoms with Gasteiger partial charge in [0.1, 0.15) is 0 Å². The van der Waals surface area contributed by atoms with Gasteiger partial charge in [0, 0.05) is 13.5 Å². The molecule has 2 nitrogen and oxygen atoms in total. The summed E-state index contributed by atoms with van der Waals surface area (Å²) in [5.74, 6) is 0.743. The van der Waals surface area contributed by atoms with Crippen molar-refractivity contribution in [3.05, 3.63) is 7.05 Å². The molecule has 0 unspecified atom stereocenters. The van der Waals surface area contributed by atoms with Crippen molar-refractivity contribution < 1.29 is 4.79 Å². The molecule has 0 aliphatic carbocycles. The zero-order valence-corrected chi connectivity index (χ0v) is 5.58. The van der Waals surface area contributed by atoms with Crippen molar-refractivity contribution >= 4 is 18.5 Å². The molecule has 0 fully saturated rings. The predicted octanol–water partition coefficient (Wildman–Crippen LogP) is 0.604. The summed E-state index contributed by atoms with van der Waals surface area (Å²) in [5.41, 5.74) is 0. The molecule has 0 aliphatic rings. The van der Waals surface area contributed by atoms with E-state index in [0.717, 1.165) is 12.2 Å². The summed E-state index contributed by atoms with van der Waals surface area (Å²) in [7, 11) is 3.21. The lowest BCUT2D eigenvalue weighted by Crippen LogP contribution is -2.14. The highest BCUT2D eigenvalue weighted by molar-refractivity contribution is 7.80. The monoisotopic (exact) mass is 132 g/mol. The topological polar surface area (TPSA) is 29.1 Å². The number of nitrogens with one attached hydrogen (secondary N) is 1. The third-order valence-corrected chi connectivity index (χ3v) is 1.08.